The number of halogens is 1. The minimum absolute atomic E-state index is 0.0170. The minimum Gasteiger partial charge on any atom is -0.391 e. The van der Waals surface area contributed by atoms with Crippen LogP contribution in [-0.4, -0.2) is 17.3 Å². The summed E-state index contributed by atoms with van der Waals surface area (Å²) in [5.41, 5.74) is 3.50. The standard InChI is InChI=1S/C18H20FNO/c1-12(10-13-6-8-15(19)9-7-13)20-18-16-5-3-2-4-14(16)11-17(18)21/h2-9,12,17-18,20-21H,10-11H2,1H3/t12?,17-,18+/m0/s1. The molecule has 1 aliphatic carbocycles. The van der Waals surface area contributed by atoms with Crippen molar-refractivity contribution in [1.29, 1.82) is 0 Å². The van der Waals surface area contributed by atoms with Crippen molar-refractivity contribution in [3.8, 4) is 0 Å². The zero-order chi connectivity index (χ0) is 14.8. The van der Waals surface area contributed by atoms with Crippen molar-refractivity contribution >= 4 is 0 Å². The fourth-order valence-corrected chi connectivity index (χ4v) is 3.11. The Balaban J connectivity index is 1.67. The van der Waals surface area contributed by atoms with E-state index in [1.165, 1.54) is 23.3 Å². The van der Waals surface area contributed by atoms with Crippen LogP contribution in [0, 0.1) is 5.82 Å². The molecular formula is C18H20FNO. The maximum absolute atomic E-state index is 12.9. The van der Waals surface area contributed by atoms with Crippen LogP contribution >= 0.6 is 0 Å². The van der Waals surface area contributed by atoms with Gasteiger partial charge in [-0.15, -0.1) is 0 Å². The van der Waals surface area contributed by atoms with Gasteiger partial charge in [-0.1, -0.05) is 36.4 Å². The number of nitrogens with one attached hydrogen (secondary N) is 1. The molecule has 0 aromatic heterocycles. The van der Waals surface area contributed by atoms with Crippen molar-refractivity contribution in [3.05, 3.63) is 71.0 Å². The zero-order valence-electron chi connectivity index (χ0n) is 12.1. The highest BCUT2D eigenvalue weighted by Crippen LogP contribution is 2.31. The Hall–Kier alpha value is -1.71. The lowest BCUT2D eigenvalue weighted by Crippen LogP contribution is -2.36. The summed E-state index contributed by atoms with van der Waals surface area (Å²) >= 11 is 0. The molecule has 0 amide bonds. The molecule has 21 heavy (non-hydrogen) atoms. The number of hydrogen-bond donors (Lipinski definition) is 2. The molecule has 3 heteroatoms. The van der Waals surface area contributed by atoms with Gasteiger partial charge >= 0.3 is 0 Å². The maximum atomic E-state index is 12.9. The Morgan fingerprint density at radius 3 is 2.67 bits per heavy atom. The second-order valence-corrected chi connectivity index (χ2v) is 5.85. The molecule has 2 nitrogen and oxygen atoms in total. The topological polar surface area (TPSA) is 32.3 Å². The van der Waals surface area contributed by atoms with Crippen molar-refractivity contribution < 1.29 is 9.50 Å². The molecule has 0 bridgehead atoms. The van der Waals surface area contributed by atoms with Crippen molar-refractivity contribution in [2.75, 3.05) is 0 Å². The highest BCUT2D eigenvalue weighted by atomic mass is 19.1. The predicted molar refractivity (Wildman–Crippen MR) is 81.6 cm³/mol. The Morgan fingerprint density at radius 1 is 1.19 bits per heavy atom. The first-order valence-electron chi connectivity index (χ1n) is 7.40. The summed E-state index contributed by atoms with van der Waals surface area (Å²) in [6.07, 6.45) is 1.14. The van der Waals surface area contributed by atoms with Gasteiger partial charge in [-0.3, -0.25) is 0 Å². The molecule has 0 spiro atoms. The Labute approximate surface area is 124 Å². The normalized spacial score (nSPS) is 22.0. The fraction of sp³-hybridized carbons (Fsp3) is 0.333. The van der Waals surface area contributed by atoms with E-state index in [2.05, 4.69) is 24.4 Å². The molecule has 0 heterocycles. The average Bonchev–Trinajstić information content (AvgIpc) is 2.78. The molecule has 3 atom stereocenters. The number of fused-ring (bicyclic) bond motifs is 1. The zero-order valence-corrected chi connectivity index (χ0v) is 12.1. The summed E-state index contributed by atoms with van der Waals surface area (Å²) in [6, 6.07) is 15.0. The Kier molecular flexibility index (Phi) is 4.04. The van der Waals surface area contributed by atoms with Gasteiger partial charge in [-0.05, 0) is 42.2 Å². The molecular weight excluding hydrogens is 265 g/mol. The number of aliphatic hydroxyl groups excluding tert-OH is 1. The number of benzene rings is 2. The van der Waals surface area contributed by atoms with E-state index < -0.39 is 0 Å². The van der Waals surface area contributed by atoms with E-state index in [0.29, 0.717) is 6.42 Å². The van der Waals surface area contributed by atoms with Crippen LogP contribution < -0.4 is 5.32 Å². The van der Waals surface area contributed by atoms with Crippen LogP contribution in [0.5, 0.6) is 0 Å². The quantitative estimate of drug-likeness (QED) is 0.905. The third-order valence-corrected chi connectivity index (χ3v) is 4.12. The molecule has 2 aromatic rings. The number of hydrogen-bond acceptors (Lipinski definition) is 2. The van der Waals surface area contributed by atoms with Crippen LogP contribution in [0.4, 0.5) is 4.39 Å². The van der Waals surface area contributed by atoms with Gasteiger partial charge in [0.15, 0.2) is 0 Å². The van der Waals surface area contributed by atoms with E-state index in [9.17, 15) is 9.50 Å². The number of aliphatic hydroxyl groups is 1. The van der Waals surface area contributed by atoms with E-state index >= 15 is 0 Å². The summed E-state index contributed by atoms with van der Waals surface area (Å²) in [6.45, 7) is 2.09. The van der Waals surface area contributed by atoms with Crippen LogP contribution in [0.3, 0.4) is 0 Å². The highest BCUT2D eigenvalue weighted by molar-refractivity contribution is 5.36. The summed E-state index contributed by atoms with van der Waals surface area (Å²) in [4.78, 5) is 0. The van der Waals surface area contributed by atoms with Gasteiger partial charge in [0.2, 0.25) is 0 Å². The molecule has 110 valence electrons. The first-order chi connectivity index (χ1) is 10.1. The molecule has 2 N–H and O–H groups in total. The summed E-state index contributed by atoms with van der Waals surface area (Å²) in [7, 11) is 0. The molecule has 3 rings (SSSR count). The van der Waals surface area contributed by atoms with Gasteiger partial charge in [0.25, 0.3) is 0 Å². The lowest BCUT2D eigenvalue weighted by molar-refractivity contribution is 0.135. The fourth-order valence-electron chi connectivity index (χ4n) is 3.11. The van der Waals surface area contributed by atoms with Crippen LogP contribution in [0.2, 0.25) is 0 Å². The van der Waals surface area contributed by atoms with Crippen molar-refractivity contribution in [2.45, 2.75) is 38.0 Å². The largest absolute Gasteiger partial charge is 0.391 e. The monoisotopic (exact) mass is 285 g/mol. The molecule has 1 aliphatic rings. The Morgan fingerprint density at radius 2 is 1.90 bits per heavy atom. The van der Waals surface area contributed by atoms with Gasteiger partial charge in [0, 0.05) is 12.5 Å². The summed E-state index contributed by atoms with van der Waals surface area (Å²) in [5, 5.41) is 13.8. The lowest BCUT2D eigenvalue weighted by atomic mass is 10.0. The van der Waals surface area contributed by atoms with E-state index in [1.54, 1.807) is 0 Å². The Bertz CT molecular complexity index is 611. The molecule has 0 saturated heterocycles. The van der Waals surface area contributed by atoms with Crippen molar-refractivity contribution in [2.24, 2.45) is 0 Å². The van der Waals surface area contributed by atoms with E-state index in [-0.39, 0.29) is 24.0 Å². The van der Waals surface area contributed by atoms with Crippen LogP contribution in [-0.2, 0) is 12.8 Å². The molecule has 0 radical (unpaired) electrons. The SMILES string of the molecule is CC(Cc1ccc(F)cc1)N[C@@H]1c2ccccc2C[C@@H]1O. The van der Waals surface area contributed by atoms with Crippen LogP contribution in [0.25, 0.3) is 0 Å². The predicted octanol–water partition coefficient (Wildman–Crippen LogP) is 3.00. The number of rotatable bonds is 4. The van der Waals surface area contributed by atoms with E-state index in [4.69, 9.17) is 0 Å². The molecule has 0 aliphatic heterocycles. The van der Waals surface area contributed by atoms with Gasteiger partial charge in [0.05, 0.1) is 12.1 Å². The van der Waals surface area contributed by atoms with Crippen LogP contribution in [0.1, 0.15) is 29.7 Å². The highest BCUT2D eigenvalue weighted by Gasteiger charge is 2.31. The van der Waals surface area contributed by atoms with Crippen molar-refractivity contribution in [1.82, 2.24) is 5.32 Å². The lowest BCUT2D eigenvalue weighted by Gasteiger charge is -2.23. The van der Waals surface area contributed by atoms with Gasteiger partial charge < -0.3 is 10.4 Å². The second-order valence-electron chi connectivity index (χ2n) is 5.85. The van der Waals surface area contributed by atoms with Crippen molar-refractivity contribution in [3.63, 3.8) is 0 Å². The smallest absolute Gasteiger partial charge is 0.123 e. The molecule has 1 unspecified atom stereocenters. The van der Waals surface area contributed by atoms with E-state index in [0.717, 1.165) is 12.0 Å². The second kappa shape index (κ2) is 5.96. The molecule has 0 fully saturated rings. The average molecular weight is 285 g/mol. The van der Waals surface area contributed by atoms with Gasteiger partial charge in [0.1, 0.15) is 5.82 Å². The summed E-state index contributed by atoms with van der Waals surface area (Å²) < 4.78 is 12.9. The first-order valence-corrected chi connectivity index (χ1v) is 7.40. The summed E-state index contributed by atoms with van der Waals surface area (Å²) in [5.74, 6) is -0.209. The van der Waals surface area contributed by atoms with E-state index in [1.807, 2.05) is 24.3 Å². The first kappa shape index (κ1) is 14.2. The maximum Gasteiger partial charge on any atom is 0.123 e. The molecule has 0 saturated carbocycles. The third-order valence-electron chi connectivity index (χ3n) is 4.12. The van der Waals surface area contributed by atoms with Gasteiger partial charge in [-0.25, -0.2) is 4.39 Å². The third kappa shape index (κ3) is 3.14. The van der Waals surface area contributed by atoms with Crippen LogP contribution in [0.15, 0.2) is 48.5 Å². The molecule has 2 aromatic carbocycles. The minimum atomic E-state index is -0.377. The van der Waals surface area contributed by atoms with Gasteiger partial charge in [-0.2, -0.15) is 0 Å².